The van der Waals surface area contributed by atoms with Crippen molar-refractivity contribution in [3.8, 4) is 0 Å². The van der Waals surface area contributed by atoms with Gasteiger partial charge in [0.2, 0.25) is 0 Å². The fourth-order valence-corrected chi connectivity index (χ4v) is 6.19. The second-order valence-corrected chi connectivity index (χ2v) is 9.68. The number of aromatic nitrogens is 1. The van der Waals surface area contributed by atoms with Gasteiger partial charge in [-0.25, -0.2) is 8.70 Å². The summed E-state index contributed by atoms with van der Waals surface area (Å²) in [5.74, 6) is -0.162. The van der Waals surface area contributed by atoms with Gasteiger partial charge in [0.1, 0.15) is 5.82 Å². The molecule has 2 aliphatic heterocycles. The lowest BCUT2D eigenvalue weighted by molar-refractivity contribution is 0.0138. The molecule has 150 valence electrons. The molecule has 2 saturated heterocycles. The Hall–Kier alpha value is -1.21. The Morgan fingerprint density at radius 3 is 2.75 bits per heavy atom. The van der Waals surface area contributed by atoms with E-state index in [1.54, 1.807) is 24.2 Å². The van der Waals surface area contributed by atoms with Crippen LogP contribution in [0.25, 0.3) is 10.9 Å². The van der Waals surface area contributed by atoms with E-state index in [9.17, 15) is 4.39 Å². The van der Waals surface area contributed by atoms with Gasteiger partial charge >= 0.3 is 0 Å². The Labute approximate surface area is 170 Å². The van der Waals surface area contributed by atoms with E-state index in [0.29, 0.717) is 10.3 Å². The quantitative estimate of drug-likeness (QED) is 0.713. The maximum absolute atomic E-state index is 14.5. The molecule has 1 spiro atoms. The molecule has 1 aromatic carbocycles. The largest absolute Gasteiger partial charge is 0.379 e. The number of benzene rings is 1. The Bertz CT molecular complexity index is 834. The summed E-state index contributed by atoms with van der Waals surface area (Å²) in [5, 5.41) is 1.00. The molecule has 2 aromatic rings. The third-order valence-electron chi connectivity index (χ3n) is 6.91. The van der Waals surface area contributed by atoms with Gasteiger partial charge in [-0.2, -0.15) is 0 Å². The van der Waals surface area contributed by atoms with Crippen molar-refractivity contribution in [1.29, 1.82) is 0 Å². The van der Waals surface area contributed by atoms with Crippen molar-refractivity contribution < 1.29 is 9.13 Å². The van der Waals surface area contributed by atoms with E-state index < -0.39 is 0 Å². The van der Waals surface area contributed by atoms with E-state index in [0.717, 1.165) is 56.3 Å². The highest BCUT2D eigenvalue weighted by molar-refractivity contribution is 7.97. The summed E-state index contributed by atoms with van der Waals surface area (Å²) < 4.78 is 22.4. The third kappa shape index (κ3) is 3.80. The zero-order valence-electron chi connectivity index (χ0n) is 16.3. The molecule has 28 heavy (non-hydrogen) atoms. The minimum absolute atomic E-state index is 0.162. The number of halogens is 1. The number of ether oxygens (including phenoxy) is 1. The molecule has 1 saturated carbocycles. The summed E-state index contributed by atoms with van der Waals surface area (Å²) in [6.07, 6.45) is 8.20. The van der Waals surface area contributed by atoms with Crippen LogP contribution in [0.3, 0.4) is 0 Å². The second-order valence-electron chi connectivity index (χ2n) is 8.54. The Balaban J connectivity index is 1.20. The monoisotopic (exact) mass is 401 g/mol. The van der Waals surface area contributed by atoms with Crippen molar-refractivity contribution in [1.82, 2.24) is 14.2 Å². The Morgan fingerprint density at radius 1 is 1.11 bits per heavy atom. The van der Waals surface area contributed by atoms with Crippen molar-refractivity contribution in [2.75, 3.05) is 39.4 Å². The minimum Gasteiger partial charge on any atom is -0.379 e. The lowest BCUT2D eigenvalue weighted by atomic mass is 9.77. The molecule has 0 radical (unpaired) electrons. The molecule has 4 nitrogen and oxygen atoms in total. The number of pyridine rings is 1. The molecule has 6 heteroatoms. The molecule has 0 amide bonds. The van der Waals surface area contributed by atoms with Crippen molar-refractivity contribution in [2.24, 2.45) is 5.41 Å². The molecule has 3 fully saturated rings. The summed E-state index contributed by atoms with van der Waals surface area (Å²) in [6.45, 7) is 6.06. The molecule has 1 aliphatic carbocycles. The predicted octanol–water partition coefficient (Wildman–Crippen LogP) is 4.35. The fourth-order valence-electron chi connectivity index (χ4n) is 5.22. The van der Waals surface area contributed by atoms with Crippen molar-refractivity contribution in [3.05, 3.63) is 36.3 Å². The average Bonchev–Trinajstić information content (AvgIpc) is 3.15. The Morgan fingerprint density at radius 2 is 1.93 bits per heavy atom. The summed E-state index contributed by atoms with van der Waals surface area (Å²) in [7, 11) is 0. The minimum atomic E-state index is -0.162. The number of hydrogen-bond donors (Lipinski definition) is 0. The van der Waals surface area contributed by atoms with Crippen LogP contribution in [0.15, 0.2) is 35.4 Å². The first-order valence-corrected chi connectivity index (χ1v) is 11.3. The fraction of sp³-hybridized carbons (Fsp3) is 0.591. The first-order valence-electron chi connectivity index (χ1n) is 10.5. The molecule has 0 N–H and O–H groups in total. The first kappa shape index (κ1) is 18.8. The summed E-state index contributed by atoms with van der Waals surface area (Å²) in [6, 6.07) is 8.16. The molecule has 3 heterocycles. The van der Waals surface area contributed by atoms with Gasteiger partial charge in [-0.15, -0.1) is 0 Å². The van der Waals surface area contributed by atoms with E-state index in [4.69, 9.17) is 4.74 Å². The van der Waals surface area contributed by atoms with E-state index in [1.807, 2.05) is 18.2 Å². The van der Waals surface area contributed by atoms with Gasteiger partial charge in [-0.05, 0) is 61.6 Å². The highest BCUT2D eigenvalue weighted by atomic mass is 32.2. The number of piperidine rings is 1. The van der Waals surface area contributed by atoms with Gasteiger partial charge in [0.25, 0.3) is 0 Å². The average molecular weight is 402 g/mol. The van der Waals surface area contributed by atoms with Crippen LogP contribution >= 0.6 is 11.9 Å². The predicted molar refractivity (Wildman–Crippen MR) is 111 cm³/mol. The van der Waals surface area contributed by atoms with Crippen LogP contribution in [0.2, 0.25) is 0 Å². The van der Waals surface area contributed by atoms with Crippen LogP contribution < -0.4 is 0 Å². The van der Waals surface area contributed by atoms with E-state index in [-0.39, 0.29) is 5.82 Å². The number of fused-ring (bicyclic) bond motifs is 1. The smallest absolute Gasteiger partial charge is 0.140 e. The zero-order chi connectivity index (χ0) is 19.0. The summed E-state index contributed by atoms with van der Waals surface area (Å²) in [4.78, 5) is 7.62. The molecule has 1 atom stereocenters. The molecule has 0 bridgehead atoms. The standard InChI is InChI=1S/C22H28FN3OS/c23-19-15-20-17(2-1-7-24-20)14-21(19)28-26-8-5-22(6-9-26)4-3-18(16-22)25-10-12-27-13-11-25/h1-2,7,14-15,18H,3-6,8-13,16H2. The van der Waals surface area contributed by atoms with Gasteiger partial charge in [0.05, 0.1) is 23.6 Å². The Kier molecular flexibility index (Phi) is 5.30. The van der Waals surface area contributed by atoms with Crippen molar-refractivity contribution in [2.45, 2.75) is 43.0 Å². The number of hydrogen-bond acceptors (Lipinski definition) is 5. The van der Waals surface area contributed by atoms with Crippen LogP contribution in [-0.4, -0.2) is 59.6 Å². The highest BCUT2D eigenvalue weighted by Crippen LogP contribution is 2.49. The third-order valence-corrected chi connectivity index (χ3v) is 8.04. The van der Waals surface area contributed by atoms with E-state index >= 15 is 0 Å². The molecule has 1 unspecified atom stereocenters. The van der Waals surface area contributed by atoms with Gasteiger partial charge in [0.15, 0.2) is 0 Å². The van der Waals surface area contributed by atoms with Crippen LogP contribution in [0.1, 0.15) is 32.1 Å². The summed E-state index contributed by atoms with van der Waals surface area (Å²) >= 11 is 1.58. The molecular weight excluding hydrogens is 373 g/mol. The van der Waals surface area contributed by atoms with Crippen LogP contribution in [0, 0.1) is 11.2 Å². The maximum atomic E-state index is 14.5. The van der Waals surface area contributed by atoms with Crippen molar-refractivity contribution in [3.63, 3.8) is 0 Å². The maximum Gasteiger partial charge on any atom is 0.140 e. The van der Waals surface area contributed by atoms with Gasteiger partial charge in [-0.3, -0.25) is 9.88 Å². The SMILES string of the molecule is Fc1cc2ncccc2cc1SN1CCC2(CCC(N3CCOCC3)C2)CC1. The zero-order valence-corrected chi connectivity index (χ0v) is 17.1. The van der Waals surface area contributed by atoms with E-state index in [1.165, 1.54) is 32.1 Å². The molecule has 5 rings (SSSR count). The number of nitrogens with zero attached hydrogens (tertiary/aromatic N) is 3. The number of rotatable bonds is 3. The lowest BCUT2D eigenvalue weighted by Crippen LogP contribution is -2.43. The van der Waals surface area contributed by atoms with Gasteiger partial charge in [-0.1, -0.05) is 6.07 Å². The van der Waals surface area contributed by atoms with Gasteiger partial charge in [0, 0.05) is 49.9 Å². The van der Waals surface area contributed by atoms with Crippen LogP contribution in [-0.2, 0) is 4.74 Å². The van der Waals surface area contributed by atoms with Crippen LogP contribution in [0.4, 0.5) is 4.39 Å². The van der Waals surface area contributed by atoms with E-state index in [2.05, 4.69) is 14.2 Å². The molecular formula is C22H28FN3OS. The second kappa shape index (κ2) is 7.90. The van der Waals surface area contributed by atoms with Crippen LogP contribution in [0.5, 0.6) is 0 Å². The highest BCUT2D eigenvalue weighted by Gasteiger charge is 2.43. The first-order chi connectivity index (χ1) is 13.7. The normalized spacial score (nSPS) is 26.2. The summed E-state index contributed by atoms with van der Waals surface area (Å²) in [5.41, 5.74) is 1.23. The topological polar surface area (TPSA) is 28.6 Å². The molecule has 1 aromatic heterocycles. The van der Waals surface area contributed by atoms with Crippen molar-refractivity contribution >= 4 is 22.9 Å². The molecule has 3 aliphatic rings. The lowest BCUT2D eigenvalue weighted by Gasteiger charge is -2.40. The number of morpholine rings is 1. The van der Waals surface area contributed by atoms with Gasteiger partial charge < -0.3 is 4.74 Å².